The Morgan fingerprint density at radius 1 is 0.933 bits per heavy atom. The second-order valence-electron chi connectivity index (χ2n) is 6.81. The van der Waals surface area contributed by atoms with Crippen molar-refractivity contribution < 1.29 is 4.79 Å². The fourth-order valence-corrected chi connectivity index (χ4v) is 4.41. The van der Waals surface area contributed by atoms with E-state index in [9.17, 15) is 4.79 Å². The lowest BCUT2D eigenvalue weighted by Gasteiger charge is -2.07. The summed E-state index contributed by atoms with van der Waals surface area (Å²) in [5.41, 5.74) is 5.99. The van der Waals surface area contributed by atoms with E-state index in [1.54, 1.807) is 6.21 Å². The molecule has 0 fully saturated rings. The third-order valence-electron chi connectivity index (χ3n) is 4.79. The molecule has 0 bridgehead atoms. The number of nitrogens with zero attached hydrogens (tertiary/aromatic N) is 2. The number of carbonyl (C=O) groups excluding carboxylic acids is 1. The first-order chi connectivity index (χ1) is 14.6. The van der Waals surface area contributed by atoms with E-state index in [0.29, 0.717) is 13.0 Å². The first kappa shape index (κ1) is 21.0. The number of carbonyl (C=O) groups is 1. The highest BCUT2D eigenvalue weighted by Gasteiger charge is 2.12. The summed E-state index contributed by atoms with van der Waals surface area (Å²) in [6.45, 7) is 0.600. The lowest BCUT2D eigenvalue weighted by molar-refractivity contribution is -0.121. The summed E-state index contributed by atoms with van der Waals surface area (Å²) in [5.74, 6) is -0.106. The van der Waals surface area contributed by atoms with Crippen LogP contribution in [0, 0.1) is 7.14 Å². The van der Waals surface area contributed by atoms with Gasteiger partial charge >= 0.3 is 0 Å². The van der Waals surface area contributed by atoms with Crippen LogP contribution < -0.4 is 5.43 Å². The van der Waals surface area contributed by atoms with Crippen LogP contribution in [0.25, 0.3) is 27.9 Å². The van der Waals surface area contributed by atoms with E-state index in [1.165, 1.54) is 17.9 Å². The van der Waals surface area contributed by atoms with Gasteiger partial charge in [0.2, 0.25) is 5.91 Å². The van der Waals surface area contributed by atoms with Gasteiger partial charge in [0.1, 0.15) is 0 Å². The molecule has 0 aliphatic rings. The number of rotatable bonds is 6. The number of halogens is 2. The predicted octanol–water partition coefficient (Wildman–Crippen LogP) is 6.21. The summed E-state index contributed by atoms with van der Waals surface area (Å²) in [5, 5.41) is 6.46. The topological polar surface area (TPSA) is 46.4 Å². The Hall–Kier alpha value is -2.20. The lowest BCUT2D eigenvalue weighted by atomic mass is 10.2. The predicted molar refractivity (Wildman–Crippen MR) is 142 cm³/mol. The maximum atomic E-state index is 12.3. The Bertz CT molecular complexity index is 1200. The first-order valence-corrected chi connectivity index (χ1v) is 11.7. The van der Waals surface area contributed by atoms with Gasteiger partial charge in [0.25, 0.3) is 0 Å². The number of hydrazone groups is 1. The summed E-state index contributed by atoms with van der Waals surface area (Å²) < 4.78 is 4.62. The standard InChI is InChI=1S/C24H19I2N3O/c25-18-8-10-22-20(15-18)21-16-19(26)9-11-23(21)29(22)14-12-24(30)28-27-13-4-7-17-5-2-1-3-6-17/h1-11,13,15-16H,12,14H2,(H,28,30)/b7-4+,27-13+. The van der Waals surface area contributed by atoms with Gasteiger partial charge in [-0.25, -0.2) is 5.43 Å². The van der Waals surface area contributed by atoms with E-state index in [-0.39, 0.29) is 5.91 Å². The molecule has 0 saturated heterocycles. The molecule has 4 nitrogen and oxygen atoms in total. The third kappa shape index (κ3) is 4.92. The highest BCUT2D eigenvalue weighted by molar-refractivity contribution is 14.1. The highest BCUT2D eigenvalue weighted by atomic mass is 127. The molecule has 0 unspecified atom stereocenters. The molecule has 4 rings (SSSR count). The quantitative estimate of drug-likeness (QED) is 0.156. The Kier molecular flexibility index (Phi) is 6.83. The number of allylic oxidation sites excluding steroid dienone is 1. The van der Waals surface area contributed by atoms with E-state index in [4.69, 9.17) is 0 Å². The molecule has 0 aliphatic carbocycles. The third-order valence-corrected chi connectivity index (χ3v) is 6.13. The maximum Gasteiger partial charge on any atom is 0.241 e. The van der Waals surface area contributed by atoms with Crippen molar-refractivity contribution >= 4 is 85.2 Å². The summed E-state index contributed by atoms with van der Waals surface area (Å²) in [7, 11) is 0. The SMILES string of the molecule is O=C(CCn1c2ccc(I)cc2c2cc(I)ccc21)N/N=C/C=C/c1ccccc1. The zero-order valence-electron chi connectivity index (χ0n) is 16.1. The highest BCUT2D eigenvalue weighted by Crippen LogP contribution is 2.31. The molecule has 0 spiro atoms. The van der Waals surface area contributed by atoms with Gasteiger partial charge in [-0.3, -0.25) is 4.79 Å². The number of benzene rings is 3. The van der Waals surface area contributed by atoms with E-state index in [2.05, 4.69) is 96.7 Å². The summed E-state index contributed by atoms with van der Waals surface area (Å²) in [6.07, 6.45) is 5.70. The van der Waals surface area contributed by atoms with Crippen LogP contribution in [-0.4, -0.2) is 16.7 Å². The van der Waals surface area contributed by atoms with E-state index in [1.807, 2.05) is 42.5 Å². The molecule has 0 aliphatic heterocycles. The van der Waals surface area contributed by atoms with Crippen LogP contribution in [0.1, 0.15) is 12.0 Å². The van der Waals surface area contributed by atoms with Gasteiger partial charge in [0, 0.05) is 48.1 Å². The number of aryl methyl sites for hydroxylation is 1. The summed E-state index contributed by atoms with van der Waals surface area (Å²) >= 11 is 4.68. The number of amides is 1. The first-order valence-electron chi connectivity index (χ1n) is 9.52. The van der Waals surface area contributed by atoms with E-state index < -0.39 is 0 Å². The molecule has 1 heterocycles. The monoisotopic (exact) mass is 619 g/mol. The number of hydrogen-bond donors (Lipinski definition) is 1. The van der Waals surface area contributed by atoms with Crippen LogP contribution in [0.15, 0.2) is 77.9 Å². The van der Waals surface area contributed by atoms with Crippen molar-refractivity contribution in [2.45, 2.75) is 13.0 Å². The van der Waals surface area contributed by atoms with Gasteiger partial charge in [0.15, 0.2) is 0 Å². The van der Waals surface area contributed by atoms with E-state index >= 15 is 0 Å². The molecular formula is C24H19I2N3O. The second-order valence-corrected chi connectivity index (χ2v) is 9.30. The Balaban J connectivity index is 1.45. The molecule has 0 atom stereocenters. The Morgan fingerprint density at radius 2 is 1.57 bits per heavy atom. The number of fused-ring (bicyclic) bond motifs is 3. The van der Waals surface area contributed by atoms with Crippen molar-refractivity contribution in [3.05, 3.63) is 85.5 Å². The minimum Gasteiger partial charge on any atom is -0.340 e. The van der Waals surface area contributed by atoms with Crippen molar-refractivity contribution in [1.29, 1.82) is 0 Å². The van der Waals surface area contributed by atoms with Crippen molar-refractivity contribution in [2.75, 3.05) is 0 Å². The van der Waals surface area contributed by atoms with Gasteiger partial charge in [-0.15, -0.1) is 0 Å². The largest absolute Gasteiger partial charge is 0.340 e. The molecule has 30 heavy (non-hydrogen) atoms. The van der Waals surface area contributed by atoms with Crippen LogP contribution in [0.5, 0.6) is 0 Å². The Labute approximate surface area is 202 Å². The van der Waals surface area contributed by atoms with Crippen LogP contribution in [0.2, 0.25) is 0 Å². The van der Waals surface area contributed by atoms with Crippen LogP contribution >= 0.6 is 45.2 Å². The molecule has 1 N–H and O–H groups in total. The van der Waals surface area contributed by atoms with Gasteiger partial charge in [-0.05, 0) is 93.2 Å². The van der Waals surface area contributed by atoms with Gasteiger partial charge in [0.05, 0.1) is 0 Å². The van der Waals surface area contributed by atoms with Crippen molar-refractivity contribution in [3.63, 3.8) is 0 Å². The van der Waals surface area contributed by atoms with Gasteiger partial charge in [-0.2, -0.15) is 5.10 Å². The molecule has 0 radical (unpaired) electrons. The number of aromatic nitrogens is 1. The van der Waals surface area contributed by atoms with Crippen molar-refractivity contribution in [2.24, 2.45) is 5.10 Å². The molecular weight excluding hydrogens is 600 g/mol. The molecule has 3 aromatic carbocycles. The maximum absolute atomic E-state index is 12.3. The summed E-state index contributed by atoms with van der Waals surface area (Å²) in [6, 6.07) is 22.8. The minimum atomic E-state index is -0.106. The van der Waals surface area contributed by atoms with Crippen LogP contribution in [0.4, 0.5) is 0 Å². The fraction of sp³-hybridized carbons (Fsp3) is 0.0833. The molecule has 1 aromatic heterocycles. The fourth-order valence-electron chi connectivity index (χ4n) is 3.43. The normalized spacial score (nSPS) is 11.8. The smallest absolute Gasteiger partial charge is 0.241 e. The Morgan fingerprint density at radius 3 is 2.20 bits per heavy atom. The zero-order valence-corrected chi connectivity index (χ0v) is 20.4. The van der Waals surface area contributed by atoms with Crippen LogP contribution in [-0.2, 0) is 11.3 Å². The molecule has 1 amide bonds. The molecule has 150 valence electrons. The number of nitrogens with one attached hydrogen (secondary N) is 1. The van der Waals surface area contributed by atoms with Gasteiger partial charge < -0.3 is 4.57 Å². The van der Waals surface area contributed by atoms with Crippen molar-refractivity contribution in [1.82, 2.24) is 9.99 Å². The lowest BCUT2D eigenvalue weighted by Crippen LogP contribution is -2.19. The van der Waals surface area contributed by atoms with Crippen molar-refractivity contribution in [3.8, 4) is 0 Å². The number of hydrogen-bond acceptors (Lipinski definition) is 2. The molecule has 0 saturated carbocycles. The van der Waals surface area contributed by atoms with Gasteiger partial charge in [-0.1, -0.05) is 36.4 Å². The average Bonchev–Trinajstić information content (AvgIpc) is 3.05. The van der Waals surface area contributed by atoms with E-state index in [0.717, 1.165) is 16.6 Å². The zero-order chi connectivity index (χ0) is 20.9. The molecule has 4 aromatic rings. The average molecular weight is 619 g/mol. The minimum absolute atomic E-state index is 0.106. The second kappa shape index (κ2) is 9.74. The summed E-state index contributed by atoms with van der Waals surface area (Å²) in [4.78, 5) is 12.3. The van der Waals surface area contributed by atoms with Crippen LogP contribution in [0.3, 0.4) is 0 Å². The molecule has 6 heteroatoms.